The molecule has 140 valence electrons. The van der Waals surface area contributed by atoms with Crippen molar-refractivity contribution in [3.8, 4) is 28.3 Å². The van der Waals surface area contributed by atoms with Gasteiger partial charge < -0.3 is 15.6 Å². The van der Waals surface area contributed by atoms with Crippen molar-refractivity contribution in [2.75, 3.05) is 6.61 Å². The van der Waals surface area contributed by atoms with E-state index in [0.29, 0.717) is 18.2 Å². The molecule has 0 spiro atoms. The highest BCUT2D eigenvalue weighted by Crippen LogP contribution is 2.32. The van der Waals surface area contributed by atoms with E-state index < -0.39 is 12.0 Å². The molecule has 1 unspecified atom stereocenters. The fourth-order valence-electron chi connectivity index (χ4n) is 2.54. The van der Waals surface area contributed by atoms with E-state index in [0.717, 1.165) is 5.56 Å². The fraction of sp³-hybridized carbons (Fsp3) is 0.263. The minimum Gasteiger partial charge on any atom is -0.493 e. The lowest BCUT2D eigenvalue weighted by molar-refractivity contribution is -0.137. The minimum atomic E-state index is -0.954. The number of rotatable bonds is 7. The first-order chi connectivity index (χ1) is 13.1. The van der Waals surface area contributed by atoms with Gasteiger partial charge in [0.1, 0.15) is 5.75 Å². The second-order valence-electron chi connectivity index (χ2n) is 6.04. The molecule has 27 heavy (non-hydrogen) atoms. The summed E-state index contributed by atoms with van der Waals surface area (Å²) in [4.78, 5) is 11.9. The molecule has 3 N–H and O–H groups in total. The number of tetrazole rings is 1. The normalized spacial score (nSPS) is 11.9. The third-order valence-electron chi connectivity index (χ3n) is 3.83. The Balaban J connectivity index is 0.000000290. The number of fused-ring (bicyclic) bond motifs is 1. The number of benzene rings is 2. The third-order valence-corrected chi connectivity index (χ3v) is 3.83. The number of aliphatic carboxylic acids is 1. The molecule has 0 aliphatic heterocycles. The lowest BCUT2D eigenvalue weighted by Crippen LogP contribution is -2.30. The van der Waals surface area contributed by atoms with Gasteiger partial charge in [0.15, 0.2) is 0 Å². The highest BCUT2D eigenvalue weighted by Gasteiger charge is 2.14. The Morgan fingerprint density at radius 2 is 1.96 bits per heavy atom. The van der Waals surface area contributed by atoms with Gasteiger partial charge in [-0.3, -0.25) is 4.79 Å². The summed E-state index contributed by atoms with van der Waals surface area (Å²) in [6.45, 7) is 2.62. The van der Waals surface area contributed by atoms with E-state index in [1.807, 2.05) is 31.2 Å². The van der Waals surface area contributed by atoms with Gasteiger partial charge in [-0.25, -0.2) is 0 Å². The van der Waals surface area contributed by atoms with Crippen molar-refractivity contribution in [3.63, 3.8) is 0 Å². The van der Waals surface area contributed by atoms with E-state index >= 15 is 0 Å². The van der Waals surface area contributed by atoms with Gasteiger partial charge in [0, 0.05) is 6.04 Å². The Kier molecular flexibility index (Phi) is 5.77. The van der Waals surface area contributed by atoms with Crippen LogP contribution in [0.15, 0.2) is 48.5 Å². The van der Waals surface area contributed by atoms with Crippen LogP contribution < -0.4 is 10.5 Å². The predicted molar refractivity (Wildman–Crippen MR) is 100 cm³/mol. The van der Waals surface area contributed by atoms with E-state index in [-0.39, 0.29) is 13.0 Å². The van der Waals surface area contributed by atoms with Crippen LogP contribution >= 0.6 is 0 Å². The zero-order valence-corrected chi connectivity index (χ0v) is 14.9. The fourth-order valence-corrected chi connectivity index (χ4v) is 2.54. The standard InChI is InChI=1S/C13H17N5O3.C6H4/c1-2-21-11-6-4-3-5-10(11)13-15-17-18(16-13)8-9(14)7-12(19)20;1-2-5-4-6(5)3-1/h3-6,9H,2,7-8,14H2,1H3,(H,19,20);1-4H. The Labute approximate surface area is 156 Å². The molecule has 2 aromatic rings. The third kappa shape index (κ3) is 5.11. The van der Waals surface area contributed by atoms with Crippen LogP contribution in [0.4, 0.5) is 0 Å². The molecule has 1 heterocycles. The van der Waals surface area contributed by atoms with Crippen LogP contribution in [-0.2, 0) is 11.3 Å². The van der Waals surface area contributed by atoms with Crippen LogP contribution in [0.1, 0.15) is 13.3 Å². The highest BCUT2D eigenvalue weighted by atomic mass is 16.5. The minimum absolute atomic E-state index is 0.146. The lowest BCUT2D eigenvalue weighted by Gasteiger charge is -2.07. The maximum absolute atomic E-state index is 10.6. The number of carbonyl (C=O) groups is 1. The SMILES string of the molecule is CCOc1ccccc1-c1nnn(CC(N)CC(=O)O)n1.c1cc2cc-2c1. The van der Waals surface area contributed by atoms with E-state index in [4.69, 9.17) is 15.6 Å². The zero-order valence-electron chi connectivity index (χ0n) is 14.9. The van der Waals surface area contributed by atoms with Crippen molar-refractivity contribution in [1.82, 2.24) is 20.2 Å². The maximum atomic E-state index is 10.6. The maximum Gasteiger partial charge on any atom is 0.304 e. The summed E-state index contributed by atoms with van der Waals surface area (Å²) in [5.41, 5.74) is 9.28. The molecule has 1 aromatic heterocycles. The smallest absolute Gasteiger partial charge is 0.304 e. The number of ether oxygens (including phenoxy) is 1. The van der Waals surface area contributed by atoms with Gasteiger partial charge in [0.2, 0.25) is 5.82 Å². The molecule has 1 aromatic carbocycles. The molecule has 4 rings (SSSR count). The van der Waals surface area contributed by atoms with Crippen molar-refractivity contribution in [3.05, 3.63) is 48.5 Å². The molecule has 0 fully saturated rings. The van der Waals surface area contributed by atoms with E-state index in [1.165, 1.54) is 15.9 Å². The first-order valence-electron chi connectivity index (χ1n) is 8.64. The van der Waals surface area contributed by atoms with Crippen LogP contribution in [-0.4, -0.2) is 43.9 Å². The number of para-hydroxylation sites is 1. The summed E-state index contributed by atoms with van der Waals surface area (Å²) >= 11 is 0. The van der Waals surface area contributed by atoms with Crippen LogP contribution in [0.5, 0.6) is 5.75 Å². The molecule has 0 saturated heterocycles. The topological polar surface area (TPSA) is 116 Å². The summed E-state index contributed by atoms with van der Waals surface area (Å²) in [5, 5.41) is 20.7. The van der Waals surface area contributed by atoms with Crippen molar-refractivity contribution in [2.45, 2.75) is 25.9 Å². The monoisotopic (exact) mass is 367 g/mol. The number of nitrogens with zero attached hydrogens (tertiary/aromatic N) is 4. The molecule has 0 bridgehead atoms. The van der Waals surface area contributed by atoms with E-state index in [1.54, 1.807) is 0 Å². The zero-order chi connectivity index (χ0) is 19.2. The quantitative estimate of drug-likeness (QED) is 0.514. The highest BCUT2D eigenvalue weighted by molar-refractivity contribution is 5.80. The van der Waals surface area contributed by atoms with E-state index in [9.17, 15) is 4.79 Å². The Morgan fingerprint density at radius 3 is 2.56 bits per heavy atom. The summed E-state index contributed by atoms with van der Waals surface area (Å²) in [6.07, 6.45) is -0.146. The van der Waals surface area contributed by atoms with Crippen molar-refractivity contribution < 1.29 is 14.6 Å². The number of hydrogen-bond acceptors (Lipinski definition) is 6. The Bertz CT molecular complexity index is 908. The van der Waals surface area contributed by atoms with Crippen LogP contribution in [0.3, 0.4) is 0 Å². The molecular weight excluding hydrogens is 346 g/mol. The summed E-state index contributed by atoms with van der Waals surface area (Å²) < 4.78 is 5.51. The van der Waals surface area contributed by atoms with Crippen LogP contribution in [0.25, 0.3) is 22.5 Å². The molecule has 0 radical (unpaired) electrons. The van der Waals surface area contributed by atoms with Crippen molar-refractivity contribution >= 4 is 5.97 Å². The van der Waals surface area contributed by atoms with Gasteiger partial charge in [-0.15, -0.1) is 10.2 Å². The number of hydrogen-bond donors (Lipinski definition) is 2. The molecule has 8 heteroatoms. The van der Waals surface area contributed by atoms with Gasteiger partial charge in [-0.2, -0.15) is 4.80 Å². The summed E-state index contributed by atoms with van der Waals surface area (Å²) in [6, 6.07) is 15.3. The van der Waals surface area contributed by atoms with Crippen LogP contribution in [0.2, 0.25) is 0 Å². The van der Waals surface area contributed by atoms with Gasteiger partial charge in [0.25, 0.3) is 0 Å². The average Bonchev–Trinajstić information content (AvgIpc) is 3.02. The number of nitrogens with two attached hydrogens (primary N) is 1. The molecule has 0 amide bonds. The van der Waals surface area contributed by atoms with Gasteiger partial charge in [-0.1, -0.05) is 30.3 Å². The summed E-state index contributed by atoms with van der Waals surface area (Å²) in [7, 11) is 0. The molecule has 8 nitrogen and oxygen atoms in total. The Hall–Kier alpha value is -3.26. The van der Waals surface area contributed by atoms with Gasteiger partial charge in [-0.05, 0) is 41.5 Å². The molecule has 2 aliphatic rings. The molecule has 0 saturated carbocycles. The van der Waals surface area contributed by atoms with Crippen molar-refractivity contribution in [2.24, 2.45) is 5.73 Å². The first-order valence-corrected chi connectivity index (χ1v) is 8.64. The summed E-state index contributed by atoms with van der Waals surface area (Å²) in [5.74, 6) is 0.139. The number of aromatic nitrogens is 4. The van der Waals surface area contributed by atoms with E-state index in [2.05, 4.69) is 39.7 Å². The predicted octanol–water partition coefficient (Wildman–Crippen LogP) is 2.21. The Morgan fingerprint density at radius 1 is 1.22 bits per heavy atom. The second-order valence-corrected chi connectivity index (χ2v) is 6.04. The van der Waals surface area contributed by atoms with Gasteiger partial charge >= 0.3 is 5.97 Å². The molecular formula is C19H21N5O3. The second kappa shape index (κ2) is 8.41. The van der Waals surface area contributed by atoms with Gasteiger partial charge in [0.05, 0.1) is 25.1 Å². The first kappa shape index (κ1) is 18.5. The number of carboxylic acids is 1. The average molecular weight is 367 g/mol. The largest absolute Gasteiger partial charge is 0.493 e. The number of carboxylic acid groups (broad SMARTS) is 1. The van der Waals surface area contributed by atoms with Crippen molar-refractivity contribution in [1.29, 1.82) is 0 Å². The van der Waals surface area contributed by atoms with Crippen LogP contribution in [0, 0.1) is 0 Å². The molecule has 2 aliphatic carbocycles. The lowest BCUT2D eigenvalue weighted by atomic mass is 10.2. The molecule has 1 atom stereocenters.